The summed E-state index contributed by atoms with van der Waals surface area (Å²) in [6.45, 7) is 6.87. The van der Waals surface area contributed by atoms with Crippen molar-refractivity contribution in [3.8, 4) is 5.75 Å². The molecule has 1 aromatic carbocycles. The smallest absolute Gasteiger partial charge is 0.416 e. The molecule has 0 amide bonds. The van der Waals surface area contributed by atoms with E-state index in [1.807, 2.05) is 11.8 Å². The summed E-state index contributed by atoms with van der Waals surface area (Å²) in [5.74, 6) is 0.740. The zero-order valence-electron chi connectivity index (χ0n) is 16.2. The highest BCUT2D eigenvalue weighted by Gasteiger charge is 2.41. The van der Waals surface area contributed by atoms with E-state index in [9.17, 15) is 21.6 Å². The number of alkyl halides is 3. The molecule has 0 unspecified atom stereocenters. The Morgan fingerprint density at radius 1 is 1.36 bits per heavy atom. The van der Waals surface area contributed by atoms with Crippen molar-refractivity contribution < 1.29 is 26.3 Å². The minimum Gasteiger partial charge on any atom is -0.492 e. The first kappa shape index (κ1) is 22.3. The van der Waals surface area contributed by atoms with Crippen LogP contribution in [0.4, 0.5) is 13.2 Å². The summed E-state index contributed by atoms with van der Waals surface area (Å²) in [6.07, 6.45) is -4.42. The molecule has 1 aliphatic rings. The van der Waals surface area contributed by atoms with Gasteiger partial charge in [0.1, 0.15) is 12.4 Å². The second-order valence-corrected chi connectivity index (χ2v) is 9.85. The standard InChI is InChI=1S/C18H26F3N3O3S/c1-4-22-16(24-9-11-28(25,26)17(2,3)13-24)23-8-10-27-15-7-5-6-14(12-15)18(19,20)21/h5-7,12H,4,8-11,13H2,1-3H3,(H,22,23). The predicted octanol–water partition coefficient (Wildman–Crippen LogP) is 2.56. The van der Waals surface area contributed by atoms with Crippen molar-refractivity contribution in [1.29, 1.82) is 0 Å². The average Bonchev–Trinajstić information content (AvgIpc) is 2.60. The number of rotatable bonds is 5. The Kier molecular flexibility index (Phi) is 6.84. The number of guanidine groups is 1. The van der Waals surface area contributed by atoms with Crippen LogP contribution in [0.2, 0.25) is 0 Å². The van der Waals surface area contributed by atoms with Crippen molar-refractivity contribution in [2.24, 2.45) is 4.99 Å². The number of hydrogen-bond donors (Lipinski definition) is 1. The highest BCUT2D eigenvalue weighted by Crippen LogP contribution is 2.31. The third-order valence-corrected chi connectivity index (χ3v) is 6.99. The molecule has 0 spiro atoms. The van der Waals surface area contributed by atoms with E-state index in [4.69, 9.17) is 4.74 Å². The third kappa shape index (κ3) is 5.52. The molecule has 28 heavy (non-hydrogen) atoms. The first-order chi connectivity index (χ1) is 13.0. The molecule has 0 aliphatic carbocycles. The molecule has 2 rings (SSSR count). The molecule has 1 N–H and O–H groups in total. The number of nitrogens with zero attached hydrogens (tertiary/aromatic N) is 2. The number of sulfone groups is 1. The largest absolute Gasteiger partial charge is 0.492 e. The van der Waals surface area contributed by atoms with Crippen molar-refractivity contribution in [3.63, 3.8) is 0 Å². The Balaban J connectivity index is 1.99. The lowest BCUT2D eigenvalue weighted by Gasteiger charge is -2.39. The Hall–Kier alpha value is -1.97. The maximum atomic E-state index is 12.7. The topological polar surface area (TPSA) is 71.0 Å². The summed E-state index contributed by atoms with van der Waals surface area (Å²) in [4.78, 5) is 6.31. The summed E-state index contributed by atoms with van der Waals surface area (Å²) < 4.78 is 67.0. The second kappa shape index (κ2) is 8.59. The first-order valence-electron chi connectivity index (χ1n) is 9.02. The van der Waals surface area contributed by atoms with E-state index in [0.29, 0.717) is 25.6 Å². The Morgan fingerprint density at radius 3 is 2.68 bits per heavy atom. The van der Waals surface area contributed by atoms with Gasteiger partial charge in [-0.3, -0.25) is 0 Å². The molecular formula is C18H26F3N3O3S. The van der Waals surface area contributed by atoms with Crippen LogP contribution in [0, 0.1) is 0 Å². The number of halogens is 3. The summed E-state index contributed by atoms with van der Waals surface area (Å²) >= 11 is 0. The first-order valence-corrected chi connectivity index (χ1v) is 10.7. The summed E-state index contributed by atoms with van der Waals surface area (Å²) in [5.41, 5.74) is -0.765. The number of ether oxygens (including phenoxy) is 1. The van der Waals surface area contributed by atoms with Crippen LogP contribution in [0.3, 0.4) is 0 Å². The lowest BCUT2D eigenvalue weighted by atomic mass is 10.2. The fraction of sp³-hybridized carbons (Fsp3) is 0.611. The Bertz CT molecular complexity index is 808. The molecule has 1 saturated heterocycles. The average molecular weight is 421 g/mol. The lowest BCUT2D eigenvalue weighted by molar-refractivity contribution is -0.137. The van der Waals surface area contributed by atoms with E-state index in [1.165, 1.54) is 12.1 Å². The van der Waals surface area contributed by atoms with Gasteiger partial charge in [0.15, 0.2) is 15.8 Å². The van der Waals surface area contributed by atoms with Gasteiger partial charge in [0.2, 0.25) is 0 Å². The summed E-state index contributed by atoms with van der Waals surface area (Å²) in [5, 5.41) is 3.12. The second-order valence-electron chi connectivity index (χ2n) is 7.11. The Morgan fingerprint density at radius 2 is 2.07 bits per heavy atom. The van der Waals surface area contributed by atoms with Gasteiger partial charge in [-0.25, -0.2) is 13.4 Å². The molecule has 10 heteroatoms. The zero-order valence-corrected chi connectivity index (χ0v) is 17.0. The molecule has 0 radical (unpaired) electrons. The molecule has 6 nitrogen and oxygen atoms in total. The van der Waals surface area contributed by atoms with Gasteiger partial charge >= 0.3 is 6.18 Å². The highest BCUT2D eigenvalue weighted by atomic mass is 32.2. The maximum Gasteiger partial charge on any atom is 0.416 e. The molecule has 0 bridgehead atoms. The number of nitrogens with one attached hydrogen (secondary N) is 1. The van der Waals surface area contributed by atoms with Crippen molar-refractivity contribution in [1.82, 2.24) is 10.2 Å². The van der Waals surface area contributed by atoms with Gasteiger partial charge in [0, 0.05) is 19.6 Å². The van der Waals surface area contributed by atoms with Gasteiger partial charge in [-0.05, 0) is 39.0 Å². The minimum atomic E-state index is -4.42. The van der Waals surface area contributed by atoms with Gasteiger partial charge in [-0.15, -0.1) is 0 Å². The van der Waals surface area contributed by atoms with Crippen LogP contribution >= 0.6 is 0 Å². The van der Waals surface area contributed by atoms with E-state index in [0.717, 1.165) is 12.1 Å². The quantitative estimate of drug-likeness (QED) is 0.450. The number of aliphatic imine (C=N–C) groups is 1. The number of hydrogen-bond acceptors (Lipinski definition) is 4. The van der Waals surface area contributed by atoms with Crippen LogP contribution in [0.1, 0.15) is 26.3 Å². The van der Waals surface area contributed by atoms with E-state index in [2.05, 4.69) is 10.3 Å². The van der Waals surface area contributed by atoms with Crippen LogP contribution in [0.25, 0.3) is 0 Å². The molecule has 0 saturated carbocycles. The fourth-order valence-corrected chi connectivity index (χ4v) is 4.19. The normalized spacial score (nSPS) is 19.4. The molecule has 0 aromatic heterocycles. The van der Waals surface area contributed by atoms with Crippen molar-refractivity contribution in [2.75, 3.05) is 38.5 Å². The minimum absolute atomic E-state index is 0.0468. The van der Waals surface area contributed by atoms with E-state index in [-0.39, 0.29) is 24.7 Å². The van der Waals surface area contributed by atoms with Gasteiger partial charge in [0.05, 0.1) is 22.6 Å². The van der Waals surface area contributed by atoms with Gasteiger partial charge < -0.3 is 15.0 Å². The third-order valence-electron chi connectivity index (χ3n) is 4.46. The molecule has 1 heterocycles. The van der Waals surface area contributed by atoms with Crippen LogP contribution in [0.5, 0.6) is 5.75 Å². The highest BCUT2D eigenvalue weighted by molar-refractivity contribution is 7.92. The summed E-state index contributed by atoms with van der Waals surface area (Å²) in [7, 11) is -3.16. The molecule has 0 atom stereocenters. The fourth-order valence-electron chi connectivity index (χ4n) is 2.83. The zero-order chi connectivity index (χ0) is 21.0. The SMILES string of the molecule is CCNC(=NCCOc1cccc(C(F)(F)F)c1)N1CCS(=O)(=O)C(C)(C)C1. The van der Waals surface area contributed by atoms with Crippen molar-refractivity contribution in [3.05, 3.63) is 29.8 Å². The van der Waals surface area contributed by atoms with E-state index >= 15 is 0 Å². The maximum absolute atomic E-state index is 12.7. The molecule has 158 valence electrons. The van der Waals surface area contributed by atoms with Gasteiger partial charge in [-0.1, -0.05) is 6.07 Å². The predicted molar refractivity (Wildman–Crippen MR) is 102 cm³/mol. The van der Waals surface area contributed by atoms with Crippen LogP contribution in [-0.4, -0.2) is 62.6 Å². The van der Waals surface area contributed by atoms with Crippen LogP contribution in [-0.2, 0) is 16.0 Å². The monoisotopic (exact) mass is 421 g/mol. The van der Waals surface area contributed by atoms with Crippen molar-refractivity contribution >= 4 is 15.8 Å². The number of benzene rings is 1. The van der Waals surface area contributed by atoms with Crippen molar-refractivity contribution in [2.45, 2.75) is 31.7 Å². The molecular weight excluding hydrogens is 395 g/mol. The molecule has 1 aliphatic heterocycles. The summed E-state index contributed by atoms with van der Waals surface area (Å²) in [6, 6.07) is 4.69. The van der Waals surface area contributed by atoms with Crippen LogP contribution < -0.4 is 10.1 Å². The van der Waals surface area contributed by atoms with Gasteiger partial charge in [-0.2, -0.15) is 13.2 Å². The molecule has 1 fully saturated rings. The van der Waals surface area contributed by atoms with Crippen LogP contribution in [0.15, 0.2) is 29.3 Å². The lowest BCUT2D eigenvalue weighted by Crippen LogP contribution is -2.57. The Labute approximate surface area is 163 Å². The van der Waals surface area contributed by atoms with E-state index < -0.39 is 26.3 Å². The molecule has 1 aromatic rings. The van der Waals surface area contributed by atoms with E-state index in [1.54, 1.807) is 13.8 Å². The van der Waals surface area contributed by atoms with Gasteiger partial charge in [0.25, 0.3) is 0 Å².